The Morgan fingerprint density at radius 3 is 2.52 bits per heavy atom. The van der Waals surface area contributed by atoms with Crippen molar-refractivity contribution in [1.29, 1.82) is 5.26 Å². The first-order valence-electron chi connectivity index (χ1n) is 7.44. The predicted molar refractivity (Wildman–Crippen MR) is 83.9 cm³/mol. The van der Waals surface area contributed by atoms with Crippen molar-refractivity contribution < 1.29 is 18.4 Å². The molecule has 0 radical (unpaired) electrons. The van der Waals surface area contributed by atoms with Crippen LogP contribution in [0.5, 0.6) is 0 Å². The third-order valence-corrected chi connectivity index (χ3v) is 4.20. The molecule has 1 saturated heterocycles. The van der Waals surface area contributed by atoms with Gasteiger partial charge in [-0.15, -0.1) is 0 Å². The van der Waals surface area contributed by atoms with Gasteiger partial charge in [0.25, 0.3) is 5.91 Å². The fourth-order valence-electron chi connectivity index (χ4n) is 2.81. The number of imide groups is 1. The van der Waals surface area contributed by atoms with Crippen molar-refractivity contribution >= 4 is 11.9 Å². The zero-order valence-electron chi connectivity index (χ0n) is 13.2. The van der Waals surface area contributed by atoms with E-state index in [1.54, 1.807) is 12.1 Å². The number of halogens is 2. The molecule has 0 aromatic heterocycles. The summed E-state index contributed by atoms with van der Waals surface area (Å²) in [6.07, 6.45) is 0. The molecule has 3 amide bonds. The number of hydrogen-bond acceptors (Lipinski definition) is 3. The summed E-state index contributed by atoms with van der Waals surface area (Å²) >= 11 is 0. The molecule has 7 heteroatoms. The van der Waals surface area contributed by atoms with E-state index in [0.717, 1.165) is 11.0 Å². The maximum absolute atomic E-state index is 14.1. The van der Waals surface area contributed by atoms with E-state index < -0.39 is 29.1 Å². The summed E-state index contributed by atoms with van der Waals surface area (Å²) in [6.45, 7) is 1.09. The zero-order chi connectivity index (χ0) is 18.2. The minimum atomic E-state index is -1.56. The van der Waals surface area contributed by atoms with E-state index in [4.69, 9.17) is 5.26 Å². The lowest BCUT2D eigenvalue weighted by molar-refractivity contribution is -0.131. The molecule has 126 valence electrons. The van der Waals surface area contributed by atoms with Gasteiger partial charge in [-0.05, 0) is 25.1 Å². The Morgan fingerprint density at radius 2 is 1.88 bits per heavy atom. The number of rotatable bonds is 3. The van der Waals surface area contributed by atoms with Gasteiger partial charge in [0.2, 0.25) is 0 Å². The smallest absolute Gasteiger partial charge is 0.319 e. The van der Waals surface area contributed by atoms with E-state index in [-0.39, 0.29) is 23.2 Å². The van der Waals surface area contributed by atoms with Crippen LogP contribution in [0.2, 0.25) is 0 Å². The van der Waals surface area contributed by atoms with Crippen molar-refractivity contribution in [2.45, 2.75) is 19.0 Å². The van der Waals surface area contributed by atoms with E-state index in [1.807, 2.05) is 0 Å². The molecule has 25 heavy (non-hydrogen) atoms. The van der Waals surface area contributed by atoms with Gasteiger partial charge < -0.3 is 5.32 Å². The molecule has 0 bridgehead atoms. The normalized spacial score (nSPS) is 19.7. The molecule has 1 N–H and O–H groups in total. The van der Waals surface area contributed by atoms with Crippen molar-refractivity contribution in [3.63, 3.8) is 0 Å². The molecule has 0 spiro atoms. The van der Waals surface area contributed by atoms with Gasteiger partial charge in [0.15, 0.2) is 0 Å². The number of carbonyl (C=O) groups is 2. The fourth-order valence-corrected chi connectivity index (χ4v) is 2.81. The summed E-state index contributed by atoms with van der Waals surface area (Å²) in [5.74, 6) is -1.99. The number of amides is 3. The summed E-state index contributed by atoms with van der Waals surface area (Å²) in [5, 5.41) is 11.2. The number of nitriles is 1. The van der Waals surface area contributed by atoms with E-state index >= 15 is 0 Å². The highest BCUT2D eigenvalue weighted by atomic mass is 19.1. The van der Waals surface area contributed by atoms with Crippen LogP contribution in [0.1, 0.15) is 23.6 Å². The number of benzene rings is 2. The van der Waals surface area contributed by atoms with Gasteiger partial charge in [-0.25, -0.2) is 13.6 Å². The second kappa shape index (κ2) is 5.98. The van der Waals surface area contributed by atoms with Crippen LogP contribution in [0.25, 0.3) is 0 Å². The van der Waals surface area contributed by atoms with E-state index in [9.17, 15) is 18.4 Å². The first kappa shape index (κ1) is 16.6. The van der Waals surface area contributed by atoms with Crippen LogP contribution in [0, 0.1) is 23.0 Å². The zero-order valence-corrected chi connectivity index (χ0v) is 13.2. The first-order chi connectivity index (χ1) is 11.9. The molecule has 0 saturated carbocycles. The number of urea groups is 1. The molecule has 1 atom stereocenters. The maximum atomic E-state index is 14.1. The van der Waals surface area contributed by atoms with Crippen molar-refractivity contribution in [2.24, 2.45) is 0 Å². The maximum Gasteiger partial charge on any atom is 0.325 e. The predicted octanol–water partition coefficient (Wildman–Crippen LogP) is 2.80. The topological polar surface area (TPSA) is 73.2 Å². The molecule has 1 heterocycles. The van der Waals surface area contributed by atoms with E-state index in [0.29, 0.717) is 0 Å². The highest BCUT2D eigenvalue weighted by Crippen LogP contribution is 2.31. The first-order valence-corrected chi connectivity index (χ1v) is 7.44. The lowest BCUT2D eigenvalue weighted by Gasteiger charge is -2.22. The molecule has 0 unspecified atom stereocenters. The number of nitrogens with one attached hydrogen (secondary N) is 1. The molecule has 1 aliphatic rings. The van der Waals surface area contributed by atoms with Crippen molar-refractivity contribution in [3.05, 3.63) is 70.8 Å². The summed E-state index contributed by atoms with van der Waals surface area (Å²) in [5.41, 5.74) is -1.31. The van der Waals surface area contributed by atoms with Crippen molar-refractivity contribution in [1.82, 2.24) is 10.2 Å². The SMILES string of the molecule is C[C@]1(c2ccccc2F)NC(=O)N(Cc2ccc(C#N)cc2F)C1=O. The minimum absolute atomic E-state index is 0.0381. The van der Waals surface area contributed by atoms with Gasteiger partial charge >= 0.3 is 6.03 Å². The van der Waals surface area contributed by atoms with Gasteiger partial charge in [0.05, 0.1) is 18.2 Å². The molecular weight excluding hydrogens is 328 g/mol. The van der Waals surface area contributed by atoms with Crippen molar-refractivity contribution in [2.75, 3.05) is 0 Å². The quantitative estimate of drug-likeness (QED) is 0.873. The average Bonchev–Trinajstić information content (AvgIpc) is 2.80. The molecule has 1 aliphatic heterocycles. The number of hydrogen-bond donors (Lipinski definition) is 1. The van der Waals surface area contributed by atoms with Crippen LogP contribution in [-0.2, 0) is 16.9 Å². The van der Waals surface area contributed by atoms with Crippen LogP contribution in [-0.4, -0.2) is 16.8 Å². The Balaban J connectivity index is 1.92. The molecule has 5 nitrogen and oxygen atoms in total. The molecule has 2 aromatic rings. The number of nitrogens with zero attached hydrogens (tertiary/aromatic N) is 2. The molecule has 1 fully saturated rings. The highest BCUT2D eigenvalue weighted by Gasteiger charge is 2.50. The van der Waals surface area contributed by atoms with Gasteiger partial charge in [-0.3, -0.25) is 9.69 Å². The van der Waals surface area contributed by atoms with Gasteiger partial charge in [-0.1, -0.05) is 24.3 Å². The van der Waals surface area contributed by atoms with E-state index in [2.05, 4.69) is 5.32 Å². The van der Waals surface area contributed by atoms with Gasteiger partial charge in [-0.2, -0.15) is 5.26 Å². The van der Waals surface area contributed by atoms with Crippen LogP contribution >= 0.6 is 0 Å². The van der Waals surface area contributed by atoms with Crippen LogP contribution < -0.4 is 5.32 Å². The van der Waals surface area contributed by atoms with Crippen molar-refractivity contribution in [3.8, 4) is 6.07 Å². The highest BCUT2D eigenvalue weighted by molar-refractivity contribution is 6.07. The molecule has 0 aliphatic carbocycles. The molecule has 2 aromatic carbocycles. The van der Waals surface area contributed by atoms with Crippen LogP contribution in [0.15, 0.2) is 42.5 Å². The Hall–Kier alpha value is -3.27. The largest absolute Gasteiger partial charge is 0.325 e. The summed E-state index contributed by atoms with van der Waals surface area (Å²) < 4.78 is 28.1. The Kier molecular flexibility index (Phi) is 3.97. The molecular formula is C18H13F2N3O2. The van der Waals surface area contributed by atoms with Gasteiger partial charge in [0.1, 0.15) is 17.2 Å². The second-order valence-corrected chi connectivity index (χ2v) is 5.84. The minimum Gasteiger partial charge on any atom is -0.319 e. The van der Waals surface area contributed by atoms with Crippen LogP contribution in [0.4, 0.5) is 13.6 Å². The Bertz CT molecular complexity index is 923. The Morgan fingerprint density at radius 1 is 1.16 bits per heavy atom. The van der Waals surface area contributed by atoms with Gasteiger partial charge in [0, 0.05) is 11.1 Å². The van der Waals surface area contributed by atoms with E-state index in [1.165, 1.54) is 37.3 Å². The fraction of sp³-hybridized carbons (Fsp3) is 0.167. The molecule has 3 rings (SSSR count). The third kappa shape index (κ3) is 2.72. The average molecular weight is 341 g/mol. The lowest BCUT2D eigenvalue weighted by atomic mass is 9.91. The standard InChI is InChI=1S/C18H13F2N3O2/c1-18(13-4-2-3-5-14(13)19)16(24)23(17(25)22-18)10-12-7-6-11(9-21)8-15(12)20/h2-8H,10H2,1H3,(H,22,25)/t18-/m1/s1. The lowest BCUT2D eigenvalue weighted by Crippen LogP contribution is -2.41. The monoisotopic (exact) mass is 341 g/mol. The van der Waals surface area contributed by atoms with Crippen LogP contribution in [0.3, 0.4) is 0 Å². The second-order valence-electron chi connectivity index (χ2n) is 5.84. The summed E-state index contributed by atoms with van der Waals surface area (Å²) in [6, 6.07) is 10.5. The third-order valence-electron chi connectivity index (χ3n) is 4.20. The summed E-state index contributed by atoms with van der Waals surface area (Å²) in [4.78, 5) is 25.8. The number of carbonyl (C=O) groups excluding carboxylic acids is 2. The Labute approximate surface area is 142 Å². The summed E-state index contributed by atoms with van der Waals surface area (Å²) in [7, 11) is 0.